The molecular formula is C20H19N3O8. The van der Waals surface area contributed by atoms with Gasteiger partial charge in [0.15, 0.2) is 0 Å². The fraction of sp³-hybridized carbons (Fsp3) is 0.250. The van der Waals surface area contributed by atoms with Crippen molar-refractivity contribution in [3.8, 4) is 5.75 Å². The van der Waals surface area contributed by atoms with Gasteiger partial charge in [0.05, 0.1) is 24.7 Å². The third kappa shape index (κ3) is 4.71. The number of nitrogens with one attached hydrogen (secondary N) is 1. The SMILES string of the molecule is COC(=O)c1ccc(CN2C(=O)NC(=Cc3cc([N+](=O)[O-])ccc3OC(C)C)C2=O)o1. The summed E-state index contributed by atoms with van der Waals surface area (Å²) in [5.74, 6) is -0.894. The van der Waals surface area contributed by atoms with E-state index >= 15 is 0 Å². The number of nitrogens with zero attached hydrogens (tertiary/aromatic N) is 2. The Bertz CT molecular complexity index is 1090. The molecule has 162 valence electrons. The third-order valence-corrected chi connectivity index (χ3v) is 4.19. The number of hydrogen-bond acceptors (Lipinski definition) is 8. The molecule has 11 heteroatoms. The highest BCUT2D eigenvalue weighted by Gasteiger charge is 2.34. The molecule has 11 nitrogen and oxygen atoms in total. The van der Waals surface area contributed by atoms with Crippen LogP contribution in [0.2, 0.25) is 0 Å². The Labute approximate surface area is 176 Å². The zero-order valence-electron chi connectivity index (χ0n) is 16.9. The van der Waals surface area contributed by atoms with Gasteiger partial charge in [-0.3, -0.25) is 19.8 Å². The normalized spacial score (nSPS) is 14.8. The van der Waals surface area contributed by atoms with Crippen LogP contribution in [-0.4, -0.2) is 40.9 Å². The molecule has 0 aliphatic carbocycles. The number of rotatable bonds is 7. The van der Waals surface area contributed by atoms with Crippen LogP contribution in [-0.2, 0) is 16.1 Å². The molecule has 0 atom stereocenters. The van der Waals surface area contributed by atoms with Crippen LogP contribution in [0.5, 0.6) is 5.75 Å². The quantitative estimate of drug-likeness (QED) is 0.233. The maximum atomic E-state index is 12.7. The fourth-order valence-electron chi connectivity index (χ4n) is 2.82. The monoisotopic (exact) mass is 429 g/mol. The van der Waals surface area contributed by atoms with Gasteiger partial charge in [-0.1, -0.05) is 0 Å². The van der Waals surface area contributed by atoms with E-state index in [4.69, 9.17) is 9.15 Å². The van der Waals surface area contributed by atoms with E-state index in [0.29, 0.717) is 5.75 Å². The molecule has 1 aromatic heterocycles. The Morgan fingerprint density at radius 3 is 2.68 bits per heavy atom. The average Bonchev–Trinajstić information content (AvgIpc) is 3.28. The first-order chi connectivity index (χ1) is 14.7. The summed E-state index contributed by atoms with van der Waals surface area (Å²) in [7, 11) is 1.20. The van der Waals surface area contributed by atoms with E-state index in [0.717, 1.165) is 4.90 Å². The molecule has 3 rings (SSSR count). The van der Waals surface area contributed by atoms with Gasteiger partial charge < -0.3 is 19.2 Å². The highest BCUT2D eigenvalue weighted by atomic mass is 16.6. The molecule has 1 saturated heterocycles. The van der Waals surface area contributed by atoms with E-state index in [1.54, 1.807) is 13.8 Å². The largest absolute Gasteiger partial charge is 0.490 e. The van der Waals surface area contributed by atoms with E-state index < -0.39 is 22.8 Å². The second-order valence-electron chi connectivity index (χ2n) is 6.78. The van der Waals surface area contributed by atoms with Crippen LogP contribution in [0.1, 0.15) is 35.7 Å². The zero-order valence-corrected chi connectivity index (χ0v) is 16.9. The topological polar surface area (TPSA) is 141 Å². The molecule has 0 saturated carbocycles. The van der Waals surface area contributed by atoms with Gasteiger partial charge in [0.1, 0.15) is 17.2 Å². The zero-order chi connectivity index (χ0) is 22.7. The van der Waals surface area contributed by atoms with Gasteiger partial charge in [0.25, 0.3) is 11.6 Å². The Morgan fingerprint density at radius 2 is 2.03 bits per heavy atom. The number of nitro groups is 1. The van der Waals surface area contributed by atoms with E-state index in [9.17, 15) is 24.5 Å². The summed E-state index contributed by atoms with van der Waals surface area (Å²) in [6.45, 7) is 3.35. The lowest BCUT2D eigenvalue weighted by Crippen LogP contribution is -2.30. The Kier molecular flexibility index (Phi) is 6.05. The molecule has 1 aromatic carbocycles. The van der Waals surface area contributed by atoms with Crippen molar-refractivity contribution in [3.63, 3.8) is 0 Å². The number of non-ortho nitro benzene ring substituents is 1. The number of imide groups is 1. The van der Waals surface area contributed by atoms with Crippen LogP contribution in [0.3, 0.4) is 0 Å². The van der Waals surface area contributed by atoms with E-state index in [1.807, 2.05) is 0 Å². The van der Waals surface area contributed by atoms with Gasteiger partial charge in [-0.15, -0.1) is 0 Å². The predicted molar refractivity (Wildman–Crippen MR) is 106 cm³/mol. The highest BCUT2D eigenvalue weighted by molar-refractivity contribution is 6.14. The second kappa shape index (κ2) is 8.69. The van der Waals surface area contributed by atoms with Crippen LogP contribution < -0.4 is 10.1 Å². The van der Waals surface area contributed by atoms with Crippen molar-refractivity contribution in [1.82, 2.24) is 10.2 Å². The second-order valence-corrected chi connectivity index (χ2v) is 6.78. The number of methoxy groups -OCH3 is 1. The molecule has 1 N–H and O–H groups in total. The maximum absolute atomic E-state index is 12.7. The number of furan rings is 1. The summed E-state index contributed by atoms with van der Waals surface area (Å²) in [4.78, 5) is 48.0. The van der Waals surface area contributed by atoms with Crippen molar-refractivity contribution in [3.05, 3.63) is 63.2 Å². The van der Waals surface area contributed by atoms with Gasteiger partial charge in [0.2, 0.25) is 5.76 Å². The Balaban J connectivity index is 1.87. The van der Waals surface area contributed by atoms with E-state index in [2.05, 4.69) is 10.1 Å². The first-order valence-corrected chi connectivity index (χ1v) is 9.16. The van der Waals surface area contributed by atoms with Gasteiger partial charge in [0, 0.05) is 17.7 Å². The molecule has 2 heterocycles. The third-order valence-electron chi connectivity index (χ3n) is 4.19. The first kappa shape index (κ1) is 21.6. The van der Waals surface area contributed by atoms with Crippen molar-refractivity contribution in [2.24, 2.45) is 0 Å². The summed E-state index contributed by atoms with van der Waals surface area (Å²) in [6.07, 6.45) is 1.10. The van der Waals surface area contributed by atoms with Crippen molar-refractivity contribution >= 4 is 29.7 Å². The van der Waals surface area contributed by atoms with E-state index in [1.165, 1.54) is 43.5 Å². The summed E-state index contributed by atoms with van der Waals surface area (Å²) in [5, 5.41) is 13.6. The molecule has 3 amide bonds. The lowest BCUT2D eigenvalue weighted by atomic mass is 10.1. The summed E-state index contributed by atoms with van der Waals surface area (Å²) in [6, 6.07) is 6.09. The number of nitro benzene ring substituents is 1. The minimum absolute atomic E-state index is 0.0626. The maximum Gasteiger partial charge on any atom is 0.373 e. The predicted octanol–water partition coefficient (Wildman–Crippen LogP) is 2.85. The lowest BCUT2D eigenvalue weighted by Gasteiger charge is -2.12. The standard InChI is InChI=1S/C20H19N3O8/c1-11(2)30-16-6-4-13(23(27)28)8-12(16)9-15-18(24)22(20(26)21-15)10-14-5-7-17(31-14)19(25)29-3/h4-9,11H,10H2,1-3H3,(H,21,26). The summed E-state index contributed by atoms with van der Waals surface area (Å²) < 4.78 is 15.5. The molecule has 31 heavy (non-hydrogen) atoms. The first-order valence-electron chi connectivity index (χ1n) is 9.16. The number of urea groups is 1. The minimum Gasteiger partial charge on any atom is -0.490 e. The molecule has 1 aliphatic rings. The van der Waals surface area contributed by atoms with Gasteiger partial charge in [-0.25, -0.2) is 9.59 Å². The van der Waals surface area contributed by atoms with Gasteiger partial charge in [-0.05, 0) is 38.1 Å². The summed E-state index contributed by atoms with van der Waals surface area (Å²) in [5.41, 5.74) is -0.0132. The molecule has 1 fully saturated rings. The average molecular weight is 429 g/mol. The van der Waals surface area contributed by atoms with Gasteiger partial charge >= 0.3 is 12.0 Å². The number of hydrogen-bond donors (Lipinski definition) is 1. The van der Waals surface area contributed by atoms with Crippen LogP contribution in [0.25, 0.3) is 6.08 Å². The molecule has 0 radical (unpaired) electrons. The molecular weight excluding hydrogens is 410 g/mol. The van der Waals surface area contributed by atoms with Crippen LogP contribution in [0.4, 0.5) is 10.5 Å². The Hall–Kier alpha value is -4.15. The smallest absolute Gasteiger partial charge is 0.373 e. The molecule has 0 spiro atoms. The van der Waals surface area contributed by atoms with Gasteiger partial charge in [-0.2, -0.15) is 0 Å². The molecule has 2 aromatic rings. The van der Waals surface area contributed by atoms with Crippen LogP contribution >= 0.6 is 0 Å². The number of carbonyl (C=O) groups excluding carboxylic acids is 3. The van der Waals surface area contributed by atoms with Crippen molar-refractivity contribution in [2.75, 3.05) is 7.11 Å². The molecule has 0 unspecified atom stereocenters. The molecule has 0 bridgehead atoms. The Morgan fingerprint density at radius 1 is 1.29 bits per heavy atom. The number of carbonyl (C=O) groups is 3. The van der Waals surface area contributed by atoms with Crippen LogP contribution in [0, 0.1) is 10.1 Å². The number of esters is 1. The minimum atomic E-state index is -0.705. The number of benzene rings is 1. The molecule has 1 aliphatic heterocycles. The fourth-order valence-corrected chi connectivity index (χ4v) is 2.82. The van der Waals surface area contributed by atoms with Crippen LogP contribution in [0.15, 0.2) is 40.4 Å². The number of amides is 3. The van der Waals surface area contributed by atoms with Crippen molar-refractivity contribution < 1.29 is 33.2 Å². The highest BCUT2D eigenvalue weighted by Crippen LogP contribution is 2.28. The number of ether oxygens (including phenoxy) is 2. The van der Waals surface area contributed by atoms with Crippen molar-refractivity contribution in [2.45, 2.75) is 26.5 Å². The van der Waals surface area contributed by atoms with Crippen molar-refractivity contribution in [1.29, 1.82) is 0 Å². The summed E-state index contributed by atoms with van der Waals surface area (Å²) >= 11 is 0. The lowest BCUT2D eigenvalue weighted by molar-refractivity contribution is -0.384. The van der Waals surface area contributed by atoms with E-state index in [-0.39, 0.29) is 41.1 Å².